The molecule has 3 atom stereocenters. The number of hydrogen-bond donors (Lipinski definition) is 1. The minimum absolute atomic E-state index is 0.0493. The van der Waals surface area contributed by atoms with Gasteiger partial charge in [-0.2, -0.15) is 11.8 Å². The Morgan fingerprint density at radius 2 is 2.00 bits per heavy atom. The average Bonchev–Trinajstić information content (AvgIpc) is 2.29. The van der Waals surface area contributed by atoms with Crippen LogP contribution in [-0.4, -0.2) is 22.7 Å². The molecular formula is C13H26OS. The second-order valence-corrected chi connectivity index (χ2v) is 5.91. The summed E-state index contributed by atoms with van der Waals surface area (Å²) in [5.41, 5.74) is 0. The van der Waals surface area contributed by atoms with E-state index in [2.05, 4.69) is 13.8 Å². The second kappa shape index (κ2) is 7.56. The molecule has 1 rings (SSSR count). The number of aliphatic hydroxyl groups excluding tert-OH is 1. The molecular weight excluding hydrogens is 204 g/mol. The zero-order valence-electron chi connectivity index (χ0n) is 10.2. The van der Waals surface area contributed by atoms with Crippen LogP contribution >= 0.6 is 11.8 Å². The molecule has 15 heavy (non-hydrogen) atoms. The lowest BCUT2D eigenvalue weighted by molar-refractivity contribution is 0.0629. The van der Waals surface area contributed by atoms with Gasteiger partial charge >= 0.3 is 0 Å². The van der Waals surface area contributed by atoms with Crippen molar-refractivity contribution in [3.63, 3.8) is 0 Å². The van der Waals surface area contributed by atoms with Gasteiger partial charge in [-0.3, -0.25) is 0 Å². The third-order valence-corrected chi connectivity index (χ3v) is 4.90. The lowest BCUT2D eigenvalue weighted by Gasteiger charge is -2.34. The van der Waals surface area contributed by atoms with Crippen LogP contribution in [0.5, 0.6) is 0 Å². The van der Waals surface area contributed by atoms with Gasteiger partial charge in [-0.15, -0.1) is 0 Å². The highest BCUT2D eigenvalue weighted by Crippen LogP contribution is 2.35. The average molecular weight is 230 g/mol. The molecule has 1 nitrogen and oxygen atoms in total. The Kier molecular flexibility index (Phi) is 6.74. The maximum Gasteiger partial charge on any atom is 0.0661 e. The molecule has 0 saturated heterocycles. The molecule has 0 aromatic heterocycles. The highest BCUT2D eigenvalue weighted by atomic mass is 32.2. The summed E-state index contributed by atoms with van der Waals surface area (Å²) < 4.78 is 0. The maximum atomic E-state index is 10.2. The van der Waals surface area contributed by atoms with Crippen LogP contribution in [-0.2, 0) is 0 Å². The summed E-state index contributed by atoms with van der Waals surface area (Å²) in [7, 11) is 0. The molecule has 1 aliphatic carbocycles. The molecule has 0 amide bonds. The zero-order chi connectivity index (χ0) is 11.1. The van der Waals surface area contributed by atoms with Crippen LogP contribution in [0.25, 0.3) is 0 Å². The standard InChI is InChI=1S/C13H26OS/c1-3-9-15-10-13(14)12-8-6-5-7-11(12)4-2/h11-14H,3-10H2,1-2H3. The Labute approximate surface area is 99.0 Å². The molecule has 1 saturated carbocycles. The summed E-state index contributed by atoms with van der Waals surface area (Å²) in [6.45, 7) is 4.48. The van der Waals surface area contributed by atoms with Gasteiger partial charge in [-0.1, -0.05) is 39.5 Å². The fourth-order valence-corrected chi connectivity index (χ4v) is 3.67. The molecule has 1 N–H and O–H groups in total. The molecule has 3 unspecified atom stereocenters. The van der Waals surface area contributed by atoms with Gasteiger partial charge in [0, 0.05) is 5.75 Å². The van der Waals surface area contributed by atoms with Gasteiger partial charge in [0.15, 0.2) is 0 Å². The summed E-state index contributed by atoms with van der Waals surface area (Å²) in [6, 6.07) is 0. The topological polar surface area (TPSA) is 20.2 Å². The van der Waals surface area contributed by atoms with E-state index in [4.69, 9.17) is 0 Å². The normalized spacial score (nSPS) is 29.0. The van der Waals surface area contributed by atoms with E-state index in [-0.39, 0.29) is 6.10 Å². The summed E-state index contributed by atoms with van der Waals surface area (Å²) >= 11 is 1.92. The smallest absolute Gasteiger partial charge is 0.0661 e. The predicted molar refractivity (Wildman–Crippen MR) is 69.4 cm³/mol. The molecule has 1 fully saturated rings. The van der Waals surface area contributed by atoms with Gasteiger partial charge in [0.05, 0.1) is 6.10 Å². The van der Waals surface area contributed by atoms with Crippen LogP contribution < -0.4 is 0 Å². The Bertz CT molecular complexity index is 161. The Balaban J connectivity index is 2.31. The SMILES string of the molecule is CCCSCC(O)C1CCCCC1CC. The lowest BCUT2D eigenvalue weighted by atomic mass is 9.75. The van der Waals surface area contributed by atoms with Crippen molar-refractivity contribution in [3.8, 4) is 0 Å². The third kappa shape index (κ3) is 4.36. The van der Waals surface area contributed by atoms with Crippen molar-refractivity contribution in [1.29, 1.82) is 0 Å². The van der Waals surface area contributed by atoms with Crippen molar-refractivity contribution in [1.82, 2.24) is 0 Å². The van der Waals surface area contributed by atoms with Gasteiger partial charge in [-0.05, 0) is 30.4 Å². The largest absolute Gasteiger partial charge is 0.392 e. The fraction of sp³-hybridized carbons (Fsp3) is 1.00. The summed E-state index contributed by atoms with van der Waals surface area (Å²) in [4.78, 5) is 0. The molecule has 2 heteroatoms. The number of thioether (sulfide) groups is 1. The van der Waals surface area contributed by atoms with E-state index < -0.39 is 0 Å². The summed E-state index contributed by atoms with van der Waals surface area (Å²) in [6.07, 6.45) is 7.73. The molecule has 0 aromatic rings. The van der Waals surface area contributed by atoms with Crippen molar-refractivity contribution >= 4 is 11.8 Å². The lowest BCUT2D eigenvalue weighted by Crippen LogP contribution is -2.32. The molecule has 0 aliphatic heterocycles. The molecule has 0 bridgehead atoms. The van der Waals surface area contributed by atoms with E-state index in [1.165, 1.54) is 44.3 Å². The maximum absolute atomic E-state index is 10.2. The number of aliphatic hydroxyl groups is 1. The van der Waals surface area contributed by atoms with Crippen LogP contribution in [0.15, 0.2) is 0 Å². The molecule has 0 heterocycles. The van der Waals surface area contributed by atoms with Crippen LogP contribution in [0.1, 0.15) is 52.4 Å². The van der Waals surface area contributed by atoms with Gasteiger partial charge in [-0.25, -0.2) is 0 Å². The predicted octanol–water partition coefficient (Wildman–Crippen LogP) is 3.71. The van der Waals surface area contributed by atoms with Crippen LogP contribution in [0.2, 0.25) is 0 Å². The Morgan fingerprint density at radius 3 is 2.67 bits per heavy atom. The third-order valence-electron chi connectivity index (χ3n) is 3.62. The van der Waals surface area contributed by atoms with E-state index >= 15 is 0 Å². The quantitative estimate of drug-likeness (QED) is 0.702. The van der Waals surface area contributed by atoms with Gasteiger partial charge < -0.3 is 5.11 Å². The Morgan fingerprint density at radius 1 is 1.27 bits per heavy atom. The van der Waals surface area contributed by atoms with E-state index in [1.807, 2.05) is 11.8 Å². The van der Waals surface area contributed by atoms with Crippen molar-refractivity contribution in [3.05, 3.63) is 0 Å². The fourth-order valence-electron chi connectivity index (χ4n) is 2.72. The first-order valence-electron chi connectivity index (χ1n) is 6.55. The highest BCUT2D eigenvalue weighted by molar-refractivity contribution is 7.99. The second-order valence-electron chi connectivity index (χ2n) is 4.76. The zero-order valence-corrected chi connectivity index (χ0v) is 11.1. The molecule has 0 radical (unpaired) electrons. The minimum atomic E-state index is -0.0493. The van der Waals surface area contributed by atoms with Crippen molar-refractivity contribution in [2.75, 3.05) is 11.5 Å². The van der Waals surface area contributed by atoms with E-state index in [9.17, 15) is 5.11 Å². The molecule has 0 spiro atoms. The van der Waals surface area contributed by atoms with E-state index in [0.29, 0.717) is 5.92 Å². The summed E-state index contributed by atoms with van der Waals surface area (Å²) in [5.74, 6) is 3.53. The van der Waals surface area contributed by atoms with Crippen molar-refractivity contribution in [2.24, 2.45) is 11.8 Å². The summed E-state index contributed by atoms with van der Waals surface area (Å²) in [5, 5.41) is 10.2. The van der Waals surface area contributed by atoms with E-state index in [0.717, 1.165) is 11.7 Å². The van der Waals surface area contributed by atoms with Gasteiger partial charge in [0.2, 0.25) is 0 Å². The van der Waals surface area contributed by atoms with Gasteiger partial charge in [0.25, 0.3) is 0 Å². The Hall–Kier alpha value is 0.310. The minimum Gasteiger partial charge on any atom is -0.392 e. The highest BCUT2D eigenvalue weighted by Gasteiger charge is 2.29. The number of rotatable bonds is 6. The van der Waals surface area contributed by atoms with Crippen LogP contribution in [0.3, 0.4) is 0 Å². The van der Waals surface area contributed by atoms with Crippen LogP contribution in [0, 0.1) is 11.8 Å². The van der Waals surface area contributed by atoms with Crippen molar-refractivity contribution in [2.45, 2.75) is 58.5 Å². The van der Waals surface area contributed by atoms with Gasteiger partial charge in [0.1, 0.15) is 0 Å². The first-order chi connectivity index (χ1) is 7.29. The first-order valence-corrected chi connectivity index (χ1v) is 7.70. The van der Waals surface area contributed by atoms with E-state index in [1.54, 1.807) is 0 Å². The molecule has 0 aromatic carbocycles. The van der Waals surface area contributed by atoms with Crippen molar-refractivity contribution < 1.29 is 5.11 Å². The monoisotopic (exact) mass is 230 g/mol. The molecule has 90 valence electrons. The molecule has 1 aliphatic rings. The first kappa shape index (κ1) is 13.4. The number of hydrogen-bond acceptors (Lipinski definition) is 2. The van der Waals surface area contributed by atoms with Crippen LogP contribution in [0.4, 0.5) is 0 Å².